The molecule has 0 spiro atoms. The molecule has 1 aromatic rings. The molecule has 2 amide bonds. The number of dihydropyridines is 1. The quantitative estimate of drug-likeness (QED) is 0.588. The lowest BCUT2D eigenvalue weighted by Crippen LogP contribution is -2.44. The normalized spacial score (nSPS) is 24.7. The van der Waals surface area contributed by atoms with Crippen molar-refractivity contribution in [3.63, 3.8) is 0 Å². The Balaban J connectivity index is 1.64. The van der Waals surface area contributed by atoms with E-state index in [2.05, 4.69) is 63.6 Å². The molecule has 1 fully saturated rings. The van der Waals surface area contributed by atoms with Gasteiger partial charge in [0.25, 0.3) is 0 Å². The predicted molar refractivity (Wildman–Crippen MR) is 124 cm³/mol. The van der Waals surface area contributed by atoms with E-state index in [0.29, 0.717) is 11.8 Å². The third-order valence-electron chi connectivity index (χ3n) is 5.67. The smallest absolute Gasteiger partial charge is 0.246 e. The Labute approximate surface area is 187 Å². The Morgan fingerprint density at radius 3 is 2.63 bits per heavy atom. The van der Waals surface area contributed by atoms with Gasteiger partial charge in [0.05, 0.1) is 6.54 Å². The first kappa shape index (κ1) is 22.6. The number of nitrogens with zero attached hydrogens (tertiary/aromatic N) is 1. The van der Waals surface area contributed by atoms with Crippen LogP contribution in [0.25, 0.3) is 0 Å². The molecule has 0 aliphatic carbocycles. The number of carbonyl (C=O) groups excluding carboxylic acids is 2. The Bertz CT molecular complexity index is 828. The second-order valence-electron chi connectivity index (χ2n) is 8.46. The van der Waals surface area contributed by atoms with Gasteiger partial charge in [-0.1, -0.05) is 41.9 Å². The number of anilines is 1. The van der Waals surface area contributed by atoms with Crippen LogP contribution in [0.1, 0.15) is 38.8 Å². The molecule has 7 heteroatoms. The fourth-order valence-corrected chi connectivity index (χ4v) is 4.68. The van der Waals surface area contributed by atoms with Gasteiger partial charge in [0.2, 0.25) is 11.8 Å². The molecule has 0 bridgehead atoms. The van der Waals surface area contributed by atoms with Gasteiger partial charge in [-0.2, -0.15) is 0 Å². The van der Waals surface area contributed by atoms with Gasteiger partial charge in [-0.15, -0.1) is 0 Å². The summed E-state index contributed by atoms with van der Waals surface area (Å²) in [4.78, 5) is 27.2. The van der Waals surface area contributed by atoms with Crippen molar-refractivity contribution < 1.29 is 9.59 Å². The van der Waals surface area contributed by atoms with E-state index in [1.807, 2.05) is 18.2 Å². The fourth-order valence-electron chi connectivity index (χ4n) is 4.30. The van der Waals surface area contributed by atoms with E-state index in [1.54, 1.807) is 18.4 Å². The van der Waals surface area contributed by atoms with Crippen LogP contribution >= 0.6 is 15.9 Å². The highest BCUT2D eigenvalue weighted by atomic mass is 79.9. The zero-order valence-corrected chi connectivity index (χ0v) is 19.4. The van der Waals surface area contributed by atoms with E-state index in [9.17, 15) is 9.59 Å². The van der Waals surface area contributed by atoms with Gasteiger partial charge < -0.3 is 16.0 Å². The van der Waals surface area contributed by atoms with Gasteiger partial charge in [0.15, 0.2) is 0 Å². The van der Waals surface area contributed by atoms with Crippen molar-refractivity contribution in [1.29, 1.82) is 0 Å². The van der Waals surface area contributed by atoms with Crippen molar-refractivity contribution in [2.75, 3.05) is 25.0 Å². The van der Waals surface area contributed by atoms with Gasteiger partial charge in [0, 0.05) is 29.3 Å². The number of hydrogen-bond donors (Lipinski definition) is 3. The SMILES string of the molecule is CC(c1cc(Br)ccc1NC(=O)CNC(=O)C1C=CC=CN1)N1C[C@H](C)C[C@H](C)C1. The largest absolute Gasteiger partial charge is 0.377 e. The number of halogens is 1. The summed E-state index contributed by atoms with van der Waals surface area (Å²) in [7, 11) is 0. The number of amides is 2. The predicted octanol–water partition coefficient (Wildman–Crippen LogP) is 3.58. The summed E-state index contributed by atoms with van der Waals surface area (Å²) < 4.78 is 0.983. The zero-order valence-electron chi connectivity index (χ0n) is 17.8. The minimum absolute atomic E-state index is 0.0732. The molecule has 3 N–H and O–H groups in total. The number of allylic oxidation sites excluding steroid dienone is 2. The molecule has 0 radical (unpaired) electrons. The van der Waals surface area contributed by atoms with Crippen LogP contribution in [-0.2, 0) is 9.59 Å². The van der Waals surface area contributed by atoms with E-state index in [-0.39, 0.29) is 24.4 Å². The Morgan fingerprint density at radius 2 is 1.97 bits per heavy atom. The third kappa shape index (κ3) is 5.95. The molecule has 2 aliphatic heterocycles. The first-order valence-electron chi connectivity index (χ1n) is 10.5. The molecule has 2 aliphatic rings. The van der Waals surface area contributed by atoms with Crippen LogP contribution in [-0.4, -0.2) is 42.4 Å². The molecular formula is C23H31BrN4O2. The van der Waals surface area contributed by atoms with Crippen LogP contribution in [0.2, 0.25) is 0 Å². The lowest BCUT2D eigenvalue weighted by atomic mass is 9.90. The molecule has 4 atom stereocenters. The monoisotopic (exact) mass is 474 g/mol. The first-order chi connectivity index (χ1) is 14.3. The van der Waals surface area contributed by atoms with Crippen molar-refractivity contribution in [1.82, 2.24) is 15.5 Å². The van der Waals surface area contributed by atoms with E-state index < -0.39 is 6.04 Å². The number of rotatable bonds is 6. The van der Waals surface area contributed by atoms with E-state index in [4.69, 9.17) is 0 Å². The van der Waals surface area contributed by atoms with Crippen LogP contribution in [0.5, 0.6) is 0 Å². The third-order valence-corrected chi connectivity index (χ3v) is 6.17. The van der Waals surface area contributed by atoms with Crippen LogP contribution in [0.3, 0.4) is 0 Å². The number of benzene rings is 1. The minimum atomic E-state index is -0.450. The molecule has 30 heavy (non-hydrogen) atoms. The average molecular weight is 475 g/mol. The van der Waals surface area contributed by atoms with Crippen molar-refractivity contribution in [2.24, 2.45) is 11.8 Å². The van der Waals surface area contributed by atoms with Crippen LogP contribution < -0.4 is 16.0 Å². The maximum absolute atomic E-state index is 12.5. The molecule has 6 nitrogen and oxygen atoms in total. The van der Waals surface area contributed by atoms with E-state index in [0.717, 1.165) is 28.8 Å². The molecule has 1 saturated heterocycles. The summed E-state index contributed by atoms with van der Waals surface area (Å²) in [6.07, 6.45) is 8.34. The van der Waals surface area contributed by atoms with Crippen molar-refractivity contribution >= 4 is 33.4 Å². The van der Waals surface area contributed by atoms with Crippen molar-refractivity contribution in [3.05, 3.63) is 52.7 Å². The van der Waals surface area contributed by atoms with Gasteiger partial charge in [0.1, 0.15) is 6.04 Å². The van der Waals surface area contributed by atoms with Crippen LogP contribution in [0.4, 0.5) is 5.69 Å². The second-order valence-corrected chi connectivity index (χ2v) is 9.38. The number of piperidine rings is 1. The van der Waals surface area contributed by atoms with Crippen molar-refractivity contribution in [3.8, 4) is 0 Å². The molecule has 2 unspecified atom stereocenters. The van der Waals surface area contributed by atoms with Crippen molar-refractivity contribution in [2.45, 2.75) is 39.3 Å². The summed E-state index contributed by atoms with van der Waals surface area (Å²) in [5.41, 5.74) is 1.86. The van der Waals surface area contributed by atoms with Gasteiger partial charge >= 0.3 is 0 Å². The summed E-state index contributed by atoms with van der Waals surface area (Å²) in [5.74, 6) is 0.851. The maximum Gasteiger partial charge on any atom is 0.246 e. The van der Waals surface area contributed by atoms with E-state index >= 15 is 0 Å². The fraction of sp³-hybridized carbons (Fsp3) is 0.478. The summed E-state index contributed by atoms with van der Waals surface area (Å²) >= 11 is 3.57. The van der Waals surface area contributed by atoms with Crippen LogP contribution in [0, 0.1) is 11.8 Å². The molecule has 2 heterocycles. The molecule has 1 aromatic carbocycles. The first-order valence-corrected chi connectivity index (χ1v) is 11.3. The second kappa shape index (κ2) is 10.3. The molecule has 3 rings (SSSR count). The van der Waals surface area contributed by atoms with Gasteiger partial charge in [-0.05, 0) is 61.2 Å². The highest BCUT2D eigenvalue weighted by Gasteiger charge is 2.27. The Hall–Kier alpha value is -2.12. The van der Waals surface area contributed by atoms with Gasteiger partial charge in [-0.3, -0.25) is 14.5 Å². The molecule has 0 saturated carbocycles. The highest BCUT2D eigenvalue weighted by Crippen LogP contribution is 2.34. The molecular weight excluding hydrogens is 444 g/mol. The van der Waals surface area contributed by atoms with E-state index in [1.165, 1.54) is 6.42 Å². The summed E-state index contributed by atoms with van der Waals surface area (Å²) in [6.45, 7) is 8.83. The molecule has 162 valence electrons. The average Bonchev–Trinajstić information content (AvgIpc) is 2.72. The topological polar surface area (TPSA) is 73.5 Å². The van der Waals surface area contributed by atoms with Gasteiger partial charge in [-0.25, -0.2) is 0 Å². The lowest BCUT2D eigenvalue weighted by molar-refractivity contribution is -0.124. The Morgan fingerprint density at radius 1 is 1.23 bits per heavy atom. The lowest BCUT2D eigenvalue weighted by Gasteiger charge is -2.39. The molecule has 0 aromatic heterocycles. The zero-order chi connectivity index (χ0) is 21.7. The number of carbonyl (C=O) groups is 2. The minimum Gasteiger partial charge on any atom is -0.377 e. The summed E-state index contributed by atoms with van der Waals surface area (Å²) in [6, 6.07) is 5.65. The number of nitrogens with one attached hydrogen (secondary N) is 3. The highest BCUT2D eigenvalue weighted by molar-refractivity contribution is 9.10. The Kier molecular flexibility index (Phi) is 7.72. The maximum atomic E-state index is 12.5. The number of likely N-dealkylation sites (tertiary alicyclic amines) is 1. The van der Waals surface area contributed by atoms with Crippen LogP contribution in [0.15, 0.2) is 47.1 Å². The summed E-state index contributed by atoms with van der Waals surface area (Å²) in [5, 5.41) is 8.62. The standard InChI is InChI=1S/C23H31BrN4O2/c1-15-10-16(2)14-28(13-15)17(3)19-11-18(24)7-8-20(19)27-22(29)12-26-23(30)21-6-4-5-9-25-21/h4-9,11,15-17,21,25H,10,12-14H2,1-3H3,(H,26,30)(H,27,29)/t15-,16+,17?,21?. The number of hydrogen-bond acceptors (Lipinski definition) is 4.